The zero-order valence-corrected chi connectivity index (χ0v) is 15.8. The Morgan fingerprint density at radius 1 is 1.17 bits per heavy atom. The first-order valence-electron chi connectivity index (χ1n) is 0.167. The molecule has 0 heterocycles. The van der Waals surface area contributed by atoms with E-state index in [4.69, 9.17) is 3.40 Å². The molecule has 0 unspecified atom stereocenters. The maximum atomic E-state index is 8.33. The molecule has 21 valence electrons. The number of hydrogen-bond donors (Lipinski definition) is 0. The molecule has 0 N–H and O–H groups in total. The largest absolute Gasteiger partial charge is 0 e. The summed E-state index contributed by atoms with van der Waals surface area (Å²) in [7, 11) is 0. The average Bonchev–Trinajstić information content (AvgIpc) is 1.00. The Hall–Kier alpha value is 4.37. The van der Waals surface area contributed by atoms with Crippen molar-refractivity contribution in [2.75, 3.05) is 0 Å². The summed E-state index contributed by atoms with van der Waals surface area (Å²) in [4.78, 5) is 0. The monoisotopic (exact) mass is 461 g/mol. The Morgan fingerprint density at radius 3 is 1.17 bits per heavy atom. The third-order valence-electron chi connectivity index (χ3n) is 0. The van der Waals surface area contributed by atoms with E-state index in [9.17, 15) is 0 Å². The van der Waals surface area contributed by atoms with Crippen molar-refractivity contribution in [3.63, 3.8) is 0 Å². The van der Waals surface area contributed by atoms with Crippen LogP contribution in [-0.4, -0.2) is 126 Å². The fourth-order valence-corrected chi connectivity index (χ4v) is 0. The molecular weight excluding hydrogens is 460 g/mol. The molecule has 0 atom stereocenters. The molecule has 0 saturated heterocycles. The van der Waals surface area contributed by atoms with Gasteiger partial charge in [-0.3, -0.25) is 0 Å². The summed E-state index contributed by atoms with van der Waals surface area (Å²) < 4.78 is 8.33. The van der Waals surface area contributed by atoms with Crippen molar-refractivity contribution in [2.24, 2.45) is 0 Å². The van der Waals surface area contributed by atoms with Gasteiger partial charge in [-0.05, 0) is 0 Å². The van der Waals surface area contributed by atoms with Crippen molar-refractivity contribution >= 4 is 126 Å². The Morgan fingerprint density at radius 2 is 1.17 bits per heavy atom. The van der Waals surface area contributed by atoms with Crippen LogP contribution in [-0.2, 0) is 23.2 Å². The van der Waals surface area contributed by atoms with Crippen LogP contribution in [0.3, 0.4) is 0 Å². The van der Waals surface area contributed by atoms with Gasteiger partial charge in [-0.1, -0.05) is 0 Å². The van der Waals surface area contributed by atoms with Crippen LogP contribution in [0.2, 0.25) is 0 Å². The molecule has 0 rings (SSSR count). The van der Waals surface area contributed by atoms with Crippen LogP contribution in [0.1, 0.15) is 0 Å². The second kappa shape index (κ2) is 34.4. The standard InChI is InChI=1S/B.Ba.Mg.O.Sr.W. The molecule has 0 aliphatic heterocycles. The molecule has 0 bridgehead atoms. The van der Waals surface area contributed by atoms with Crippen LogP contribution in [0.15, 0.2) is 0 Å². The first-order valence-corrected chi connectivity index (χ1v) is 1.36. The van der Waals surface area contributed by atoms with Crippen molar-refractivity contribution < 1.29 is 23.2 Å². The third-order valence-corrected chi connectivity index (χ3v) is 0. The second-order valence-electron chi connectivity index (χ2n) is 0. The summed E-state index contributed by atoms with van der Waals surface area (Å²) in [6, 6.07) is 0. The molecule has 0 aliphatic carbocycles. The van der Waals surface area contributed by atoms with E-state index in [1.54, 1.807) is 0 Å². The van der Waals surface area contributed by atoms with Crippen LogP contribution < -0.4 is 0 Å². The first kappa shape index (κ1) is 31.6. The first-order chi connectivity index (χ1) is 1.00. The zero-order valence-electron chi connectivity index (χ0n) is 3.52. The summed E-state index contributed by atoms with van der Waals surface area (Å²) in [6.07, 6.45) is 0. The van der Waals surface area contributed by atoms with E-state index < -0.39 is 0 Å². The number of hydrogen-bond acceptors (Lipinski definition) is 1. The fourth-order valence-electron chi connectivity index (χ4n) is 0. The molecular formula is BBaMgOSrW. The van der Waals surface area contributed by atoms with E-state index in [0.29, 0.717) is 19.8 Å². The smallest absolute Gasteiger partial charge is 0 e. The zero-order chi connectivity index (χ0) is 2.00. The SMILES string of the molecule is [B].[Ba].[Mg].[O]=[W].[Sr]. The van der Waals surface area contributed by atoms with E-state index in [2.05, 4.69) is 0 Å². The van der Waals surface area contributed by atoms with Gasteiger partial charge in [0.1, 0.15) is 0 Å². The normalized spacial score (nSPS) is 0.667. The Bertz CT molecular complexity index is 15.5. The molecule has 6 heavy (non-hydrogen) atoms. The topological polar surface area (TPSA) is 17.1 Å². The minimum atomic E-state index is 0. The molecule has 1 nitrogen and oxygen atoms in total. The minimum absolute atomic E-state index is 0. The van der Waals surface area contributed by atoms with E-state index in [-0.39, 0.29) is 126 Å². The van der Waals surface area contributed by atoms with Gasteiger partial charge in [-0.2, -0.15) is 0 Å². The van der Waals surface area contributed by atoms with Gasteiger partial charge in [0.25, 0.3) is 0 Å². The average molecular weight is 460 g/mol. The van der Waals surface area contributed by atoms with Crippen molar-refractivity contribution in [1.29, 1.82) is 0 Å². The Kier molecular flexibility index (Phi) is 181. The van der Waals surface area contributed by atoms with Gasteiger partial charge in [0.2, 0.25) is 0 Å². The maximum Gasteiger partial charge on any atom is 0 e. The van der Waals surface area contributed by atoms with E-state index in [1.165, 1.54) is 0 Å². The Balaban J connectivity index is -0.000000000833. The summed E-state index contributed by atoms with van der Waals surface area (Å²) in [5.74, 6) is 0. The second-order valence-corrected chi connectivity index (χ2v) is 0. The predicted molar refractivity (Wildman–Crippen MR) is 23.7 cm³/mol. The number of rotatable bonds is 0. The van der Waals surface area contributed by atoms with Gasteiger partial charge in [0.05, 0.1) is 0 Å². The van der Waals surface area contributed by atoms with Gasteiger partial charge >= 0.3 is 23.2 Å². The summed E-state index contributed by atoms with van der Waals surface area (Å²) in [5.41, 5.74) is 0. The molecule has 0 spiro atoms. The molecule has 0 fully saturated rings. The van der Waals surface area contributed by atoms with Crippen molar-refractivity contribution in [3.05, 3.63) is 0 Å². The van der Waals surface area contributed by atoms with Gasteiger partial charge in [-0.15, -0.1) is 0 Å². The molecule has 0 aromatic heterocycles. The molecule has 0 aromatic rings. The summed E-state index contributed by atoms with van der Waals surface area (Å²) in [5, 5.41) is 0. The molecule has 6 heteroatoms. The quantitative estimate of drug-likeness (QED) is 0.397. The molecule has 0 aliphatic rings. The van der Waals surface area contributed by atoms with Crippen molar-refractivity contribution in [2.45, 2.75) is 0 Å². The van der Waals surface area contributed by atoms with Gasteiger partial charge in [0.15, 0.2) is 0 Å². The van der Waals surface area contributed by atoms with Crippen molar-refractivity contribution in [3.8, 4) is 0 Å². The molecule has 0 saturated carbocycles. The van der Waals surface area contributed by atoms with Gasteiger partial charge in [-0.25, -0.2) is 0 Å². The summed E-state index contributed by atoms with van der Waals surface area (Å²) >= 11 is 0.333. The van der Waals surface area contributed by atoms with E-state index in [0.717, 1.165) is 0 Å². The third kappa shape index (κ3) is 23.8. The summed E-state index contributed by atoms with van der Waals surface area (Å²) in [6.45, 7) is 0. The molecule has 0 aromatic carbocycles. The molecule has 0 amide bonds. The minimum Gasteiger partial charge on any atom is 0 e. The van der Waals surface area contributed by atoms with Crippen LogP contribution in [0.5, 0.6) is 0 Å². The van der Waals surface area contributed by atoms with E-state index >= 15 is 0 Å². The van der Waals surface area contributed by atoms with Crippen LogP contribution in [0.25, 0.3) is 0 Å². The van der Waals surface area contributed by atoms with Crippen molar-refractivity contribution in [1.82, 2.24) is 0 Å². The predicted octanol–water partition coefficient (Wildman–Crippen LogP) is -1.64. The van der Waals surface area contributed by atoms with Crippen LogP contribution in [0, 0.1) is 0 Å². The van der Waals surface area contributed by atoms with Gasteiger partial charge < -0.3 is 0 Å². The maximum absolute atomic E-state index is 8.33. The van der Waals surface area contributed by atoms with Crippen LogP contribution >= 0.6 is 0 Å². The van der Waals surface area contributed by atoms with E-state index in [1.807, 2.05) is 0 Å². The van der Waals surface area contributed by atoms with Gasteiger partial charge in [0, 0.05) is 126 Å². The fraction of sp³-hybridized carbons (Fsp3) is 0. The van der Waals surface area contributed by atoms with Crippen LogP contribution in [0.4, 0.5) is 0 Å². The Labute approximate surface area is 144 Å². The molecule has 9 radical (unpaired) electrons.